The van der Waals surface area contributed by atoms with Crippen LogP contribution in [0.4, 0.5) is 5.69 Å². The second-order valence-electron chi connectivity index (χ2n) is 4.26. The molecule has 0 aliphatic heterocycles. The molecule has 0 unspecified atom stereocenters. The Bertz CT molecular complexity index is 362. The average molecular weight is 267 g/mol. The highest BCUT2D eigenvalue weighted by molar-refractivity contribution is 5.57. The van der Waals surface area contributed by atoms with Gasteiger partial charge in [-0.05, 0) is 38.5 Å². The van der Waals surface area contributed by atoms with Crippen molar-refractivity contribution < 1.29 is 14.2 Å². The molecule has 0 aliphatic carbocycles. The molecule has 108 valence electrons. The van der Waals surface area contributed by atoms with Crippen molar-refractivity contribution in [2.75, 3.05) is 32.2 Å². The first kappa shape index (κ1) is 15.8. The monoisotopic (exact) mass is 267 g/mol. The molecule has 4 nitrogen and oxygen atoms in total. The molecule has 1 N–H and O–H groups in total. The lowest BCUT2D eigenvalue weighted by Crippen LogP contribution is -2.21. The number of rotatable bonds is 9. The van der Waals surface area contributed by atoms with Crippen LogP contribution >= 0.6 is 0 Å². The summed E-state index contributed by atoms with van der Waals surface area (Å²) < 4.78 is 16.3. The zero-order chi connectivity index (χ0) is 14.1. The summed E-state index contributed by atoms with van der Waals surface area (Å²) in [5, 5.41) is 3.37. The Hall–Kier alpha value is -1.26. The summed E-state index contributed by atoms with van der Waals surface area (Å²) in [6, 6.07) is 6.09. The predicted octanol–water partition coefficient (Wildman–Crippen LogP) is 3.20. The van der Waals surface area contributed by atoms with Gasteiger partial charge in [-0.25, -0.2) is 0 Å². The molecule has 0 heterocycles. The van der Waals surface area contributed by atoms with E-state index in [2.05, 4.69) is 18.3 Å². The van der Waals surface area contributed by atoms with E-state index in [1.54, 1.807) is 7.11 Å². The minimum atomic E-state index is -0.140. The van der Waals surface area contributed by atoms with E-state index in [1.807, 2.05) is 26.0 Å². The molecule has 1 aromatic rings. The van der Waals surface area contributed by atoms with Crippen molar-refractivity contribution in [3.05, 3.63) is 23.8 Å². The van der Waals surface area contributed by atoms with Crippen LogP contribution in [0.3, 0.4) is 0 Å². The Morgan fingerprint density at radius 3 is 2.42 bits per heavy atom. The third-order valence-corrected chi connectivity index (χ3v) is 2.76. The second-order valence-corrected chi connectivity index (χ2v) is 4.26. The van der Waals surface area contributed by atoms with Gasteiger partial charge in [0, 0.05) is 26.2 Å². The van der Waals surface area contributed by atoms with Crippen LogP contribution in [-0.2, 0) is 9.47 Å². The van der Waals surface area contributed by atoms with Gasteiger partial charge in [0.15, 0.2) is 6.29 Å². The lowest BCUT2D eigenvalue weighted by atomic mass is 10.2. The van der Waals surface area contributed by atoms with Crippen molar-refractivity contribution >= 4 is 5.69 Å². The highest BCUT2D eigenvalue weighted by atomic mass is 16.7. The number of hydrogen-bond donors (Lipinski definition) is 1. The summed E-state index contributed by atoms with van der Waals surface area (Å²) in [5.41, 5.74) is 2.21. The van der Waals surface area contributed by atoms with E-state index in [-0.39, 0.29) is 6.29 Å². The largest absolute Gasteiger partial charge is 0.495 e. The van der Waals surface area contributed by atoms with Crippen LogP contribution < -0.4 is 10.1 Å². The maximum Gasteiger partial charge on any atom is 0.159 e. The molecule has 0 aromatic heterocycles. The molecule has 0 bridgehead atoms. The van der Waals surface area contributed by atoms with Gasteiger partial charge in [-0.15, -0.1) is 0 Å². The normalized spacial score (nSPS) is 10.8. The molecule has 0 amide bonds. The number of aryl methyl sites for hydroxylation is 1. The van der Waals surface area contributed by atoms with Crippen LogP contribution in [0.2, 0.25) is 0 Å². The van der Waals surface area contributed by atoms with Gasteiger partial charge in [0.2, 0.25) is 0 Å². The molecule has 4 heteroatoms. The Morgan fingerprint density at radius 2 is 1.84 bits per heavy atom. The van der Waals surface area contributed by atoms with E-state index in [4.69, 9.17) is 14.2 Å². The van der Waals surface area contributed by atoms with E-state index < -0.39 is 0 Å². The van der Waals surface area contributed by atoms with Gasteiger partial charge in [0.05, 0.1) is 12.8 Å². The summed E-state index contributed by atoms with van der Waals surface area (Å²) in [7, 11) is 1.68. The van der Waals surface area contributed by atoms with E-state index in [9.17, 15) is 0 Å². The van der Waals surface area contributed by atoms with Crippen molar-refractivity contribution in [1.82, 2.24) is 0 Å². The maximum absolute atomic E-state index is 5.51. The fraction of sp³-hybridized carbons (Fsp3) is 0.600. The second kappa shape index (κ2) is 8.77. The maximum atomic E-state index is 5.51. The van der Waals surface area contributed by atoms with Crippen molar-refractivity contribution in [2.45, 2.75) is 33.5 Å². The number of ether oxygens (including phenoxy) is 3. The van der Waals surface area contributed by atoms with Crippen molar-refractivity contribution in [2.24, 2.45) is 0 Å². The fourth-order valence-electron chi connectivity index (χ4n) is 1.87. The molecule has 0 saturated heterocycles. The number of methoxy groups -OCH3 is 1. The first-order valence-electron chi connectivity index (χ1n) is 6.83. The third-order valence-electron chi connectivity index (χ3n) is 2.76. The van der Waals surface area contributed by atoms with E-state index in [0.29, 0.717) is 13.2 Å². The van der Waals surface area contributed by atoms with Gasteiger partial charge in [0.1, 0.15) is 5.75 Å². The summed E-state index contributed by atoms with van der Waals surface area (Å²) in [6.45, 7) is 8.13. The molecule has 0 saturated carbocycles. The van der Waals surface area contributed by atoms with Crippen molar-refractivity contribution in [3.8, 4) is 5.75 Å². The Labute approximate surface area is 116 Å². The van der Waals surface area contributed by atoms with Crippen molar-refractivity contribution in [1.29, 1.82) is 0 Å². The quantitative estimate of drug-likeness (QED) is 0.697. The lowest BCUT2D eigenvalue weighted by molar-refractivity contribution is -0.137. The zero-order valence-corrected chi connectivity index (χ0v) is 12.4. The SMILES string of the molecule is CCOC(CCNc1cc(C)ccc1OC)OCC. The molecule has 0 aliphatic rings. The fourth-order valence-corrected chi connectivity index (χ4v) is 1.87. The van der Waals surface area contributed by atoms with Crippen LogP contribution in [0.25, 0.3) is 0 Å². The predicted molar refractivity (Wildman–Crippen MR) is 77.9 cm³/mol. The Kier molecular flexibility index (Phi) is 7.30. The van der Waals surface area contributed by atoms with Gasteiger partial charge in [-0.3, -0.25) is 0 Å². The van der Waals surface area contributed by atoms with Gasteiger partial charge in [0.25, 0.3) is 0 Å². The molecule has 0 radical (unpaired) electrons. The van der Waals surface area contributed by atoms with Gasteiger partial charge < -0.3 is 19.5 Å². The molecule has 0 fully saturated rings. The van der Waals surface area contributed by atoms with Crippen LogP contribution in [0.1, 0.15) is 25.8 Å². The van der Waals surface area contributed by atoms with Crippen LogP contribution in [0, 0.1) is 6.92 Å². The van der Waals surface area contributed by atoms with Crippen LogP contribution in [0.5, 0.6) is 5.75 Å². The lowest BCUT2D eigenvalue weighted by Gasteiger charge is -2.18. The molecular formula is C15H25NO3. The highest BCUT2D eigenvalue weighted by Gasteiger charge is 2.08. The number of benzene rings is 1. The van der Waals surface area contributed by atoms with Crippen LogP contribution in [-0.4, -0.2) is 33.2 Å². The molecule has 0 atom stereocenters. The summed E-state index contributed by atoms with van der Waals surface area (Å²) in [4.78, 5) is 0. The number of hydrogen-bond acceptors (Lipinski definition) is 4. The topological polar surface area (TPSA) is 39.7 Å². The number of nitrogens with one attached hydrogen (secondary N) is 1. The molecule has 1 aromatic carbocycles. The minimum absolute atomic E-state index is 0.140. The van der Waals surface area contributed by atoms with Gasteiger partial charge in [-0.2, -0.15) is 0 Å². The molecular weight excluding hydrogens is 242 g/mol. The summed E-state index contributed by atoms with van der Waals surface area (Å²) >= 11 is 0. The molecule has 19 heavy (non-hydrogen) atoms. The first-order chi connectivity index (χ1) is 9.21. The molecule has 1 rings (SSSR count). The Balaban J connectivity index is 2.49. The third kappa shape index (κ3) is 5.49. The van der Waals surface area contributed by atoms with Gasteiger partial charge in [-0.1, -0.05) is 6.07 Å². The standard InChI is InChI=1S/C15H25NO3/c1-5-18-15(19-6-2)9-10-16-13-11-12(3)7-8-14(13)17-4/h7-8,11,15-16H,5-6,9-10H2,1-4H3. The first-order valence-corrected chi connectivity index (χ1v) is 6.83. The smallest absolute Gasteiger partial charge is 0.159 e. The Morgan fingerprint density at radius 1 is 1.16 bits per heavy atom. The minimum Gasteiger partial charge on any atom is -0.495 e. The summed E-state index contributed by atoms with van der Waals surface area (Å²) in [6.07, 6.45) is 0.664. The summed E-state index contributed by atoms with van der Waals surface area (Å²) in [5.74, 6) is 0.856. The van der Waals surface area contributed by atoms with Crippen LogP contribution in [0.15, 0.2) is 18.2 Å². The van der Waals surface area contributed by atoms with Crippen molar-refractivity contribution in [3.63, 3.8) is 0 Å². The number of anilines is 1. The van der Waals surface area contributed by atoms with E-state index in [0.717, 1.165) is 24.4 Å². The zero-order valence-electron chi connectivity index (χ0n) is 12.4. The average Bonchev–Trinajstić information content (AvgIpc) is 2.39. The van der Waals surface area contributed by atoms with E-state index >= 15 is 0 Å². The van der Waals surface area contributed by atoms with Gasteiger partial charge >= 0.3 is 0 Å². The van der Waals surface area contributed by atoms with E-state index in [1.165, 1.54) is 5.56 Å². The molecule has 0 spiro atoms. The highest BCUT2D eigenvalue weighted by Crippen LogP contribution is 2.25.